The zero-order valence-corrected chi connectivity index (χ0v) is 20.4. The number of cyclic esters (lactones) is 2. The Morgan fingerprint density at radius 2 is 1.03 bits per heavy atom. The fraction of sp³-hybridized carbons (Fsp3) is 0.500. The minimum absolute atomic E-state index is 0. The minimum Gasteiger partial charge on any atom is -0.784 e. The van der Waals surface area contributed by atoms with Crippen molar-refractivity contribution in [2.45, 2.75) is 24.4 Å². The standard InChI is InChI=1S/2C6H8O6.2Na.H2O3S/c2*7-1-2(8)5-3(9)4(10)6(11)12-5;;;1-4(2)3/h2*2,5,7-10H,1H2;;;(H2,1,2,3)/q;;2*+1;/p-2/t2*2-,5+;;;/m00.../s1. The normalized spacial score (nSPS) is 21.8. The van der Waals surface area contributed by atoms with E-state index in [4.69, 9.17) is 54.2 Å². The van der Waals surface area contributed by atoms with Gasteiger partial charge in [-0.3, -0.25) is 4.21 Å². The van der Waals surface area contributed by atoms with Crippen LogP contribution >= 0.6 is 0 Å². The second-order valence-electron chi connectivity index (χ2n) is 4.82. The Bertz CT molecular complexity index is 612. The monoisotopic (exact) mass is 478 g/mol. The van der Waals surface area contributed by atoms with E-state index in [2.05, 4.69) is 9.47 Å². The molecule has 2 rings (SSSR count). The van der Waals surface area contributed by atoms with Crippen molar-refractivity contribution < 1.29 is 132 Å². The first-order valence-corrected chi connectivity index (χ1v) is 7.89. The van der Waals surface area contributed by atoms with Crippen molar-refractivity contribution in [1.29, 1.82) is 0 Å². The summed E-state index contributed by atoms with van der Waals surface area (Å²) in [6, 6.07) is 0. The van der Waals surface area contributed by atoms with Gasteiger partial charge in [-0.25, -0.2) is 9.59 Å². The summed E-state index contributed by atoms with van der Waals surface area (Å²) >= 11 is -3.11. The van der Waals surface area contributed by atoms with Crippen molar-refractivity contribution in [1.82, 2.24) is 0 Å². The second-order valence-corrected chi connectivity index (χ2v) is 5.23. The molecule has 0 aromatic carbocycles. The van der Waals surface area contributed by atoms with E-state index in [1.54, 1.807) is 0 Å². The molecule has 15 nitrogen and oxygen atoms in total. The average Bonchev–Trinajstić information content (AvgIpc) is 3.05. The van der Waals surface area contributed by atoms with Gasteiger partial charge in [-0.1, -0.05) is 0 Å². The summed E-state index contributed by atoms with van der Waals surface area (Å²) in [6.45, 7) is -1.34. The molecule has 0 aliphatic carbocycles. The minimum atomic E-state index is -3.11. The zero-order chi connectivity index (χ0) is 22.2. The topological polar surface area (TPSA) is 278 Å². The van der Waals surface area contributed by atoms with Crippen LogP contribution in [-0.2, 0) is 30.4 Å². The Hall–Kier alpha value is -0.470. The number of carbonyl (C=O) groups excluding carboxylic acids is 2. The van der Waals surface area contributed by atoms with Crippen LogP contribution in [0.5, 0.6) is 0 Å². The van der Waals surface area contributed by atoms with Gasteiger partial charge in [0.2, 0.25) is 11.5 Å². The molecule has 0 saturated carbocycles. The van der Waals surface area contributed by atoms with Gasteiger partial charge in [0.05, 0.1) is 13.2 Å². The van der Waals surface area contributed by atoms with Crippen LogP contribution in [0.3, 0.4) is 0 Å². The molecule has 2 aliphatic heterocycles. The van der Waals surface area contributed by atoms with Crippen LogP contribution in [0.2, 0.25) is 0 Å². The molecule has 0 saturated heterocycles. The quantitative estimate of drug-likeness (QED) is 0.106. The summed E-state index contributed by atoms with van der Waals surface area (Å²) in [5.41, 5.74) is 0. The molecular formula is C12H16Na2O15S. The van der Waals surface area contributed by atoms with Gasteiger partial charge in [-0.2, -0.15) is 0 Å². The molecule has 0 spiro atoms. The van der Waals surface area contributed by atoms with Gasteiger partial charge in [0.15, 0.2) is 23.7 Å². The number of esters is 2. The predicted molar refractivity (Wildman–Crippen MR) is 80.2 cm³/mol. The Balaban J connectivity index is -0.000000391. The van der Waals surface area contributed by atoms with Crippen LogP contribution < -0.4 is 59.1 Å². The van der Waals surface area contributed by atoms with Crippen LogP contribution in [-0.4, -0.2) is 104 Å². The number of carbonyl (C=O) groups is 2. The van der Waals surface area contributed by atoms with Gasteiger partial charge < -0.3 is 59.4 Å². The summed E-state index contributed by atoms with van der Waals surface area (Å²) < 4.78 is 34.0. The molecule has 2 aliphatic rings. The zero-order valence-electron chi connectivity index (χ0n) is 15.6. The first-order valence-electron chi connectivity index (χ1n) is 6.89. The molecule has 0 amide bonds. The van der Waals surface area contributed by atoms with Gasteiger partial charge in [0.1, 0.15) is 12.2 Å². The first kappa shape index (κ1) is 34.2. The maximum atomic E-state index is 10.5. The number of aliphatic hydroxyl groups is 8. The van der Waals surface area contributed by atoms with E-state index in [-0.39, 0.29) is 59.1 Å². The Morgan fingerprint density at radius 1 is 0.800 bits per heavy atom. The fourth-order valence-electron chi connectivity index (χ4n) is 1.65. The third kappa shape index (κ3) is 10.2. The van der Waals surface area contributed by atoms with Crippen LogP contribution in [0, 0.1) is 0 Å². The maximum absolute atomic E-state index is 10.5. The molecule has 18 heteroatoms. The summed E-state index contributed by atoms with van der Waals surface area (Å²) in [6.07, 6.45) is -5.55. The molecule has 8 N–H and O–H groups in total. The van der Waals surface area contributed by atoms with Gasteiger partial charge in [-0.15, -0.1) is 11.4 Å². The van der Waals surface area contributed by atoms with E-state index < -0.39 is 84.0 Å². The molecule has 4 atom stereocenters. The Kier molecular flexibility index (Phi) is 18.4. The number of ether oxygens (including phenoxy) is 2. The molecule has 0 unspecified atom stereocenters. The summed E-state index contributed by atoms with van der Waals surface area (Å²) in [5, 5.41) is 70.1. The van der Waals surface area contributed by atoms with Crippen molar-refractivity contribution >= 4 is 23.3 Å². The van der Waals surface area contributed by atoms with Crippen LogP contribution in [0.1, 0.15) is 0 Å². The number of aliphatic hydroxyl groups excluding tert-OH is 8. The van der Waals surface area contributed by atoms with E-state index in [1.807, 2.05) is 0 Å². The number of hydrogen-bond acceptors (Lipinski definition) is 15. The SMILES string of the molecule is O=C1O[C@H]([C@@H](O)CO)C(O)=C1O.O=C1O[C@H]([C@@H](O)CO)C(O)=C1O.O=S([O-])[O-].[Na+].[Na+]. The van der Waals surface area contributed by atoms with E-state index in [0.29, 0.717) is 0 Å². The first-order chi connectivity index (χ1) is 12.9. The van der Waals surface area contributed by atoms with Crippen molar-refractivity contribution in [3.05, 3.63) is 23.0 Å². The van der Waals surface area contributed by atoms with Crippen molar-refractivity contribution in [2.75, 3.05) is 13.2 Å². The van der Waals surface area contributed by atoms with E-state index >= 15 is 0 Å². The van der Waals surface area contributed by atoms with Gasteiger partial charge in [-0.05, 0) is 0 Å². The smallest absolute Gasteiger partial charge is 0.784 e. The number of rotatable bonds is 4. The van der Waals surface area contributed by atoms with Gasteiger partial charge >= 0.3 is 71.1 Å². The maximum Gasteiger partial charge on any atom is 1.00 e. The molecule has 162 valence electrons. The molecule has 2 heterocycles. The molecule has 0 radical (unpaired) electrons. The second kappa shape index (κ2) is 16.2. The summed E-state index contributed by atoms with van der Waals surface area (Å²) in [7, 11) is 0. The third-order valence-electron chi connectivity index (χ3n) is 2.95. The number of hydrogen-bond donors (Lipinski definition) is 8. The Morgan fingerprint density at radius 3 is 1.17 bits per heavy atom. The Labute approximate surface area is 214 Å². The largest absolute Gasteiger partial charge is 1.00 e. The van der Waals surface area contributed by atoms with E-state index in [0.717, 1.165) is 0 Å². The fourth-order valence-corrected chi connectivity index (χ4v) is 1.65. The van der Waals surface area contributed by atoms with Crippen LogP contribution in [0.25, 0.3) is 0 Å². The molecule has 0 fully saturated rings. The van der Waals surface area contributed by atoms with Crippen molar-refractivity contribution in [3.63, 3.8) is 0 Å². The van der Waals surface area contributed by atoms with Crippen LogP contribution in [0.4, 0.5) is 0 Å². The van der Waals surface area contributed by atoms with Crippen LogP contribution in [0.15, 0.2) is 23.0 Å². The summed E-state index contributed by atoms with van der Waals surface area (Å²) in [4.78, 5) is 21.1. The molecule has 0 aromatic heterocycles. The van der Waals surface area contributed by atoms with Crippen molar-refractivity contribution in [3.8, 4) is 0 Å². The molecular weight excluding hydrogens is 462 g/mol. The van der Waals surface area contributed by atoms with E-state index in [9.17, 15) is 9.59 Å². The predicted octanol–water partition coefficient (Wildman–Crippen LogP) is -9.81. The molecule has 30 heavy (non-hydrogen) atoms. The molecule has 0 aromatic rings. The average molecular weight is 478 g/mol. The van der Waals surface area contributed by atoms with E-state index in [1.165, 1.54) is 0 Å². The van der Waals surface area contributed by atoms with Gasteiger partial charge in [0, 0.05) is 0 Å². The summed E-state index contributed by atoms with van der Waals surface area (Å²) in [5.74, 6) is -5.56. The van der Waals surface area contributed by atoms with Crippen molar-refractivity contribution in [2.24, 2.45) is 0 Å². The van der Waals surface area contributed by atoms with Gasteiger partial charge in [0.25, 0.3) is 0 Å². The third-order valence-corrected chi connectivity index (χ3v) is 2.95. The molecule has 0 bridgehead atoms.